The minimum absolute atomic E-state index is 0.340. The third-order valence-electron chi connectivity index (χ3n) is 2.97. The van der Waals surface area contributed by atoms with E-state index in [9.17, 15) is 9.90 Å². The van der Waals surface area contributed by atoms with Crippen LogP contribution in [0.4, 0.5) is 0 Å². The number of hydrogen-bond acceptors (Lipinski definition) is 3. The molecule has 1 unspecified atom stereocenters. The summed E-state index contributed by atoms with van der Waals surface area (Å²) in [7, 11) is 1.55. The number of nitrogens with two attached hydrogens (primary N) is 1. The van der Waals surface area contributed by atoms with E-state index in [0.717, 1.165) is 11.1 Å². The van der Waals surface area contributed by atoms with Crippen molar-refractivity contribution in [3.05, 3.63) is 28.8 Å². The predicted octanol–water partition coefficient (Wildman–Crippen LogP) is 1.83. The molecule has 1 aromatic rings. The first-order valence-electron chi connectivity index (χ1n) is 5.59. The molecule has 0 aromatic heterocycles. The second kappa shape index (κ2) is 5.68. The minimum atomic E-state index is -0.864. The number of benzene rings is 1. The second-order valence-electron chi connectivity index (χ2n) is 4.15. The largest absolute Gasteiger partial charge is 0.496 e. The van der Waals surface area contributed by atoms with Crippen LogP contribution >= 0.6 is 0 Å². The molecular weight excluding hydrogens is 218 g/mol. The van der Waals surface area contributed by atoms with Gasteiger partial charge in [-0.1, -0.05) is 6.07 Å². The molecule has 0 spiro atoms. The van der Waals surface area contributed by atoms with Crippen LogP contribution in [0.3, 0.4) is 0 Å². The van der Waals surface area contributed by atoms with Gasteiger partial charge < -0.3 is 15.6 Å². The quantitative estimate of drug-likeness (QED) is 0.819. The van der Waals surface area contributed by atoms with E-state index < -0.39 is 11.9 Å². The fraction of sp³-hybridized carbons (Fsp3) is 0.462. The smallest absolute Gasteiger partial charge is 0.311 e. The zero-order chi connectivity index (χ0) is 13.0. The van der Waals surface area contributed by atoms with Crippen LogP contribution in [0, 0.1) is 13.8 Å². The molecule has 0 saturated heterocycles. The highest BCUT2D eigenvalue weighted by Crippen LogP contribution is 2.31. The van der Waals surface area contributed by atoms with Gasteiger partial charge in [-0.25, -0.2) is 0 Å². The summed E-state index contributed by atoms with van der Waals surface area (Å²) < 4.78 is 5.25. The zero-order valence-electron chi connectivity index (χ0n) is 10.5. The van der Waals surface area contributed by atoms with Crippen LogP contribution < -0.4 is 10.5 Å². The lowest BCUT2D eigenvalue weighted by molar-refractivity contribution is -0.138. The highest BCUT2D eigenvalue weighted by Gasteiger charge is 2.23. The summed E-state index contributed by atoms with van der Waals surface area (Å²) in [5.74, 6) is -0.847. The van der Waals surface area contributed by atoms with Crippen LogP contribution in [0.5, 0.6) is 5.75 Å². The Bertz CT molecular complexity index is 415. The maximum atomic E-state index is 11.2. The number of aliphatic carboxylic acids is 1. The van der Waals surface area contributed by atoms with Crippen molar-refractivity contribution in [2.24, 2.45) is 5.73 Å². The zero-order valence-corrected chi connectivity index (χ0v) is 10.5. The highest BCUT2D eigenvalue weighted by molar-refractivity contribution is 5.77. The summed E-state index contributed by atoms with van der Waals surface area (Å²) in [6, 6.07) is 3.75. The van der Waals surface area contributed by atoms with Crippen LogP contribution in [-0.4, -0.2) is 24.7 Å². The first-order chi connectivity index (χ1) is 8.01. The Labute approximate surface area is 101 Å². The molecular formula is C13H19NO3. The first-order valence-corrected chi connectivity index (χ1v) is 5.59. The highest BCUT2D eigenvalue weighted by atomic mass is 16.5. The number of rotatable bonds is 5. The Hall–Kier alpha value is -1.55. The van der Waals surface area contributed by atoms with Gasteiger partial charge in [0.05, 0.1) is 13.0 Å². The molecule has 1 rings (SSSR count). The van der Waals surface area contributed by atoms with Crippen molar-refractivity contribution in [1.29, 1.82) is 0 Å². The number of carboxylic acids is 1. The average Bonchev–Trinajstić information content (AvgIpc) is 2.29. The molecule has 0 radical (unpaired) electrons. The van der Waals surface area contributed by atoms with Crippen LogP contribution in [0.25, 0.3) is 0 Å². The lowest BCUT2D eigenvalue weighted by Crippen LogP contribution is -2.17. The van der Waals surface area contributed by atoms with Crippen molar-refractivity contribution in [3.63, 3.8) is 0 Å². The minimum Gasteiger partial charge on any atom is -0.496 e. The Morgan fingerprint density at radius 3 is 2.47 bits per heavy atom. The van der Waals surface area contributed by atoms with Gasteiger partial charge in [0.2, 0.25) is 0 Å². The number of hydrogen-bond donors (Lipinski definition) is 2. The van der Waals surface area contributed by atoms with Gasteiger partial charge in [-0.3, -0.25) is 4.79 Å². The van der Waals surface area contributed by atoms with E-state index in [1.807, 2.05) is 26.0 Å². The summed E-state index contributed by atoms with van der Waals surface area (Å²) in [6.07, 6.45) is 0.411. The second-order valence-corrected chi connectivity index (χ2v) is 4.15. The Kier molecular flexibility index (Phi) is 4.52. The number of carbonyl (C=O) groups is 1. The van der Waals surface area contributed by atoms with Crippen LogP contribution in [0.15, 0.2) is 12.1 Å². The molecule has 1 aromatic carbocycles. The van der Waals surface area contributed by atoms with E-state index in [1.165, 1.54) is 0 Å². The van der Waals surface area contributed by atoms with Crippen molar-refractivity contribution in [3.8, 4) is 5.75 Å². The molecule has 0 bridgehead atoms. The maximum Gasteiger partial charge on any atom is 0.311 e. The van der Waals surface area contributed by atoms with Gasteiger partial charge in [0.15, 0.2) is 0 Å². The summed E-state index contributed by atoms with van der Waals surface area (Å²) in [6.45, 7) is 4.27. The molecule has 3 N–H and O–H groups in total. The van der Waals surface area contributed by atoms with Gasteiger partial charge >= 0.3 is 5.97 Å². The molecule has 0 saturated carbocycles. The van der Waals surface area contributed by atoms with E-state index in [0.29, 0.717) is 24.3 Å². The van der Waals surface area contributed by atoms with Crippen molar-refractivity contribution >= 4 is 5.97 Å². The van der Waals surface area contributed by atoms with Gasteiger partial charge in [-0.05, 0) is 44.0 Å². The van der Waals surface area contributed by atoms with E-state index >= 15 is 0 Å². The SMILES string of the molecule is COc1cc(C)c(C)cc1C(CCN)C(=O)O. The standard InChI is InChI=1S/C13H19NO3/c1-8-6-11(10(4-5-14)13(15)16)12(17-3)7-9(8)2/h6-7,10H,4-5,14H2,1-3H3,(H,15,16). The first kappa shape index (κ1) is 13.5. The van der Waals surface area contributed by atoms with Crippen LogP contribution in [0.1, 0.15) is 29.0 Å². The van der Waals surface area contributed by atoms with Gasteiger partial charge in [0, 0.05) is 5.56 Å². The molecule has 0 heterocycles. The lowest BCUT2D eigenvalue weighted by atomic mass is 9.92. The molecule has 0 aliphatic heterocycles. The number of ether oxygens (including phenoxy) is 1. The van der Waals surface area contributed by atoms with Crippen LogP contribution in [-0.2, 0) is 4.79 Å². The number of carboxylic acid groups (broad SMARTS) is 1. The van der Waals surface area contributed by atoms with Crippen molar-refractivity contribution in [2.45, 2.75) is 26.2 Å². The third kappa shape index (κ3) is 2.97. The third-order valence-corrected chi connectivity index (χ3v) is 2.97. The van der Waals surface area contributed by atoms with E-state index in [4.69, 9.17) is 10.5 Å². The summed E-state index contributed by atoms with van der Waals surface area (Å²) >= 11 is 0. The van der Waals surface area contributed by atoms with Crippen molar-refractivity contribution < 1.29 is 14.6 Å². The van der Waals surface area contributed by atoms with E-state index in [-0.39, 0.29) is 0 Å². The summed E-state index contributed by atoms with van der Waals surface area (Å²) in [5.41, 5.74) is 8.31. The Balaban J connectivity index is 3.25. The number of aryl methyl sites for hydroxylation is 2. The van der Waals surface area contributed by atoms with Crippen molar-refractivity contribution in [1.82, 2.24) is 0 Å². The molecule has 4 nitrogen and oxygen atoms in total. The lowest BCUT2D eigenvalue weighted by Gasteiger charge is -2.17. The molecule has 4 heteroatoms. The normalized spacial score (nSPS) is 12.2. The van der Waals surface area contributed by atoms with Gasteiger partial charge in [0.25, 0.3) is 0 Å². The molecule has 0 amide bonds. The maximum absolute atomic E-state index is 11.2. The fourth-order valence-electron chi connectivity index (χ4n) is 1.84. The summed E-state index contributed by atoms with van der Waals surface area (Å²) in [5, 5.41) is 9.23. The van der Waals surface area contributed by atoms with Crippen LogP contribution in [0.2, 0.25) is 0 Å². The molecule has 0 aliphatic carbocycles. The van der Waals surface area contributed by atoms with Gasteiger partial charge in [0.1, 0.15) is 5.75 Å². The van der Waals surface area contributed by atoms with Gasteiger partial charge in [-0.2, -0.15) is 0 Å². The predicted molar refractivity (Wildman–Crippen MR) is 66.5 cm³/mol. The average molecular weight is 237 g/mol. The topological polar surface area (TPSA) is 72.5 Å². The molecule has 0 aliphatic rings. The van der Waals surface area contributed by atoms with Crippen molar-refractivity contribution in [2.75, 3.05) is 13.7 Å². The Morgan fingerprint density at radius 2 is 2.00 bits per heavy atom. The molecule has 17 heavy (non-hydrogen) atoms. The molecule has 1 atom stereocenters. The molecule has 0 fully saturated rings. The molecule has 94 valence electrons. The van der Waals surface area contributed by atoms with Gasteiger partial charge in [-0.15, -0.1) is 0 Å². The van der Waals surface area contributed by atoms with E-state index in [1.54, 1.807) is 7.11 Å². The summed E-state index contributed by atoms with van der Waals surface area (Å²) in [4.78, 5) is 11.2. The monoisotopic (exact) mass is 237 g/mol. The Morgan fingerprint density at radius 1 is 1.41 bits per heavy atom. The fourth-order valence-corrected chi connectivity index (χ4v) is 1.84. The number of methoxy groups -OCH3 is 1. The van der Waals surface area contributed by atoms with E-state index in [2.05, 4.69) is 0 Å².